The maximum absolute atomic E-state index is 11.0. The smallest absolute Gasteiger partial charge is 0.250 e. The predicted molar refractivity (Wildman–Crippen MR) is 61.2 cm³/mol. The van der Waals surface area contributed by atoms with Crippen molar-refractivity contribution in [1.29, 1.82) is 0 Å². The molecule has 0 fully saturated rings. The van der Waals surface area contributed by atoms with Gasteiger partial charge in [-0.25, -0.2) is 0 Å². The van der Waals surface area contributed by atoms with Gasteiger partial charge in [-0.15, -0.1) is 0 Å². The first-order chi connectivity index (χ1) is 7.10. The molecule has 0 unspecified atom stereocenters. The topological polar surface area (TPSA) is 69.2 Å². The van der Waals surface area contributed by atoms with E-state index in [4.69, 9.17) is 0 Å². The van der Waals surface area contributed by atoms with E-state index in [9.17, 15) is 14.7 Å². The van der Waals surface area contributed by atoms with E-state index < -0.39 is 5.97 Å². The molecule has 0 bridgehead atoms. The molecule has 0 heterocycles. The van der Waals surface area contributed by atoms with Crippen molar-refractivity contribution in [2.75, 3.05) is 27.8 Å². The Morgan fingerprint density at radius 1 is 1.31 bits per heavy atom. The first-order valence-electron chi connectivity index (χ1n) is 5.04. The summed E-state index contributed by atoms with van der Waals surface area (Å²) in [6, 6.07) is 0. The van der Waals surface area contributed by atoms with Gasteiger partial charge >= 0.3 is 0 Å². The number of carboxylic acids is 1. The number of quaternary nitrogens is 1. The van der Waals surface area contributed by atoms with Crippen molar-refractivity contribution in [2.45, 2.75) is 20.3 Å². The zero-order valence-corrected chi connectivity index (χ0v) is 10.8. The van der Waals surface area contributed by atoms with E-state index >= 15 is 0 Å². The Bertz CT molecular complexity index is 254. The van der Waals surface area contributed by atoms with Crippen LogP contribution in [0.4, 0.5) is 0 Å². The average molecular weight is 230 g/mol. The average Bonchev–Trinajstić information content (AvgIpc) is 2.13. The molecular weight excluding hydrogens is 208 g/mol. The molecule has 5 nitrogen and oxygen atoms in total. The van der Waals surface area contributed by atoms with Crippen LogP contribution in [0.25, 0.3) is 0 Å². The fourth-order valence-electron chi connectivity index (χ4n) is 0.460. The van der Waals surface area contributed by atoms with Crippen LogP contribution in [-0.4, -0.2) is 44.2 Å². The second-order valence-corrected chi connectivity index (χ2v) is 4.46. The quantitative estimate of drug-likeness (QED) is 0.402. The standard InChI is InChI=1S/C8H16N2O.C3H6O2/c1-7(2)8(11)9-6-10(3,4)5;1-2-3(4)5/h1,6H2,2-5H3;2H2,1H3,(H,4,5). The third kappa shape index (κ3) is 15.1. The Morgan fingerprint density at radius 2 is 1.69 bits per heavy atom. The summed E-state index contributed by atoms with van der Waals surface area (Å²) in [5.41, 5.74) is 0.554. The number of hydrogen-bond donors (Lipinski definition) is 1. The molecule has 16 heavy (non-hydrogen) atoms. The third-order valence-corrected chi connectivity index (χ3v) is 1.39. The van der Waals surface area contributed by atoms with Crippen LogP contribution < -0.4 is 10.4 Å². The first-order valence-corrected chi connectivity index (χ1v) is 5.04. The van der Waals surface area contributed by atoms with E-state index in [2.05, 4.69) is 11.9 Å². The summed E-state index contributed by atoms with van der Waals surface area (Å²) in [5.74, 6) is -1.07. The maximum Gasteiger partial charge on any atom is 0.250 e. The fourth-order valence-corrected chi connectivity index (χ4v) is 0.460. The van der Waals surface area contributed by atoms with Crippen LogP contribution in [-0.2, 0) is 9.59 Å². The minimum Gasteiger partial charge on any atom is -0.550 e. The largest absolute Gasteiger partial charge is 0.550 e. The van der Waals surface area contributed by atoms with Crippen LogP contribution in [0.2, 0.25) is 0 Å². The molecule has 94 valence electrons. The number of hydrogen-bond acceptors (Lipinski definition) is 3. The number of nitrogens with one attached hydrogen (secondary N) is 1. The molecule has 0 saturated heterocycles. The van der Waals surface area contributed by atoms with E-state index in [1.807, 2.05) is 21.1 Å². The van der Waals surface area contributed by atoms with E-state index in [1.54, 1.807) is 6.92 Å². The molecule has 0 atom stereocenters. The predicted octanol–water partition coefficient (Wildman–Crippen LogP) is -0.511. The number of carboxylic acid groups (broad SMARTS) is 1. The summed E-state index contributed by atoms with van der Waals surface area (Å²) < 4.78 is 0.721. The van der Waals surface area contributed by atoms with Crippen molar-refractivity contribution >= 4 is 11.9 Å². The number of nitrogens with zero attached hydrogens (tertiary/aromatic N) is 1. The number of carbonyl (C=O) groups is 2. The van der Waals surface area contributed by atoms with Crippen LogP contribution in [0.5, 0.6) is 0 Å². The number of rotatable bonds is 4. The van der Waals surface area contributed by atoms with Gasteiger partial charge in [0.15, 0.2) is 6.67 Å². The highest BCUT2D eigenvalue weighted by Gasteiger charge is 2.08. The minimum atomic E-state index is -0.995. The van der Waals surface area contributed by atoms with Crippen LogP contribution in [0.3, 0.4) is 0 Å². The molecule has 0 saturated carbocycles. The molecule has 0 spiro atoms. The molecule has 0 aliphatic heterocycles. The molecule has 0 radical (unpaired) electrons. The van der Waals surface area contributed by atoms with Crippen molar-refractivity contribution in [1.82, 2.24) is 5.32 Å². The molecule has 0 rings (SSSR count). The van der Waals surface area contributed by atoms with Gasteiger partial charge < -0.3 is 19.7 Å². The normalized spacial score (nSPS) is 9.81. The highest BCUT2D eigenvalue weighted by Crippen LogP contribution is 1.89. The van der Waals surface area contributed by atoms with Crippen molar-refractivity contribution in [3.05, 3.63) is 12.2 Å². The van der Waals surface area contributed by atoms with Crippen LogP contribution in [0.1, 0.15) is 20.3 Å². The summed E-state index contributed by atoms with van der Waals surface area (Å²) in [7, 11) is 6.04. The van der Waals surface area contributed by atoms with Gasteiger partial charge in [-0.05, 0) is 13.3 Å². The Labute approximate surface area is 97.3 Å². The van der Waals surface area contributed by atoms with E-state index in [0.29, 0.717) is 12.2 Å². The Hall–Kier alpha value is -1.36. The van der Waals surface area contributed by atoms with Crippen molar-refractivity contribution in [3.8, 4) is 0 Å². The van der Waals surface area contributed by atoms with Gasteiger partial charge in [0.1, 0.15) is 0 Å². The van der Waals surface area contributed by atoms with E-state index in [-0.39, 0.29) is 12.3 Å². The van der Waals surface area contributed by atoms with Crippen LogP contribution in [0, 0.1) is 0 Å². The van der Waals surface area contributed by atoms with Crippen LogP contribution in [0.15, 0.2) is 12.2 Å². The molecular formula is C11H22N2O3. The second kappa shape index (κ2) is 7.87. The van der Waals surface area contributed by atoms with Gasteiger partial charge in [0.05, 0.1) is 21.1 Å². The Morgan fingerprint density at radius 3 is 1.88 bits per heavy atom. The zero-order chi connectivity index (χ0) is 13.4. The molecule has 0 aromatic heterocycles. The van der Waals surface area contributed by atoms with Gasteiger partial charge in [0.25, 0.3) is 5.91 Å². The molecule has 0 aliphatic rings. The van der Waals surface area contributed by atoms with E-state index in [1.165, 1.54) is 6.92 Å². The molecule has 1 amide bonds. The summed E-state index contributed by atoms with van der Waals surface area (Å²) in [4.78, 5) is 20.2. The summed E-state index contributed by atoms with van der Waals surface area (Å²) in [5, 5.41) is 12.0. The number of amides is 1. The lowest BCUT2D eigenvalue weighted by atomic mass is 10.3. The lowest BCUT2D eigenvalue weighted by Crippen LogP contribution is -2.45. The van der Waals surface area contributed by atoms with Crippen molar-refractivity contribution in [3.63, 3.8) is 0 Å². The number of aliphatic carboxylic acids is 1. The third-order valence-electron chi connectivity index (χ3n) is 1.39. The molecule has 0 aromatic carbocycles. The van der Waals surface area contributed by atoms with Crippen LogP contribution >= 0.6 is 0 Å². The molecule has 0 aromatic rings. The Kier molecular flexibility index (Phi) is 8.39. The zero-order valence-electron chi connectivity index (χ0n) is 10.8. The highest BCUT2D eigenvalue weighted by atomic mass is 16.4. The van der Waals surface area contributed by atoms with Gasteiger partial charge in [0.2, 0.25) is 0 Å². The fraction of sp³-hybridized carbons (Fsp3) is 0.636. The van der Waals surface area contributed by atoms with Crippen molar-refractivity contribution < 1.29 is 19.2 Å². The lowest BCUT2D eigenvalue weighted by molar-refractivity contribution is -0.872. The highest BCUT2D eigenvalue weighted by molar-refractivity contribution is 5.91. The molecule has 5 heteroatoms. The Balaban J connectivity index is 0. The number of carbonyl (C=O) groups excluding carboxylic acids is 2. The first kappa shape index (κ1) is 17.0. The summed E-state index contributed by atoms with van der Waals surface area (Å²) in [6.07, 6.45) is 0.111. The molecule has 1 N–H and O–H groups in total. The summed E-state index contributed by atoms with van der Waals surface area (Å²) >= 11 is 0. The van der Waals surface area contributed by atoms with Gasteiger partial charge in [0, 0.05) is 11.5 Å². The summed E-state index contributed by atoms with van der Waals surface area (Å²) in [6.45, 7) is 7.40. The van der Waals surface area contributed by atoms with Gasteiger partial charge in [-0.2, -0.15) is 0 Å². The lowest BCUT2D eigenvalue weighted by Gasteiger charge is -2.23. The van der Waals surface area contributed by atoms with E-state index in [0.717, 1.165) is 4.48 Å². The van der Waals surface area contributed by atoms with Crippen molar-refractivity contribution in [2.24, 2.45) is 0 Å². The maximum atomic E-state index is 11.0. The van der Waals surface area contributed by atoms with Gasteiger partial charge in [-0.1, -0.05) is 13.5 Å². The minimum absolute atomic E-state index is 0.0712. The second-order valence-electron chi connectivity index (χ2n) is 4.46. The molecule has 0 aliphatic carbocycles. The van der Waals surface area contributed by atoms with Gasteiger partial charge in [-0.3, -0.25) is 4.79 Å². The SMILES string of the molecule is C=C(C)C(=O)NC[N+](C)(C)C.CCC(=O)[O-]. The monoisotopic (exact) mass is 230 g/mol.